The molecule has 3 nitrogen and oxygen atoms in total. The smallest absolute Gasteiger partial charge is 0.147 e. The molecule has 0 atom stereocenters. The second kappa shape index (κ2) is 5.32. The standard InChI is InChI=1S/C13H19ClN2O/c1-13(2)5-3-11(4-6-13)17-9-10-7-16-12(14)8-15-10/h7-8,11H,3-6,9H2,1-2H3. The molecular formula is C13H19ClN2O. The van der Waals surface area contributed by atoms with Crippen LogP contribution in [0, 0.1) is 5.41 Å². The van der Waals surface area contributed by atoms with Gasteiger partial charge in [-0.15, -0.1) is 0 Å². The fourth-order valence-corrected chi connectivity index (χ4v) is 2.25. The lowest BCUT2D eigenvalue weighted by Crippen LogP contribution is -2.26. The molecule has 2 rings (SSSR count). The second-order valence-electron chi connectivity index (χ2n) is 5.51. The maximum absolute atomic E-state index is 5.86. The van der Waals surface area contributed by atoms with Crippen LogP contribution in [0.1, 0.15) is 45.2 Å². The molecule has 1 saturated carbocycles. The predicted molar refractivity (Wildman–Crippen MR) is 67.9 cm³/mol. The van der Waals surface area contributed by atoms with Gasteiger partial charge in [0.15, 0.2) is 0 Å². The maximum Gasteiger partial charge on any atom is 0.147 e. The van der Waals surface area contributed by atoms with Crippen molar-refractivity contribution in [2.45, 2.75) is 52.2 Å². The summed E-state index contributed by atoms with van der Waals surface area (Å²) in [6.07, 6.45) is 8.38. The first kappa shape index (κ1) is 12.8. The number of aromatic nitrogens is 2. The van der Waals surface area contributed by atoms with Crippen molar-refractivity contribution in [3.8, 4) is 0 Å². The van der Waals surface area contributed by atoms with Gasteiger partial charge in [0.05, 0.1) is 30.8 Å². The summed E-state index contributed by atoms with van der Waals surface area (Å²) in [7, 11) is 0. The average Bonchev–Trinajstić information content (AvgIpc) is 2.30. The fourth-order valence-electron chi connectivity index (χ4n) is 2.16. The molecule has 0 aromatic carbocycles. The first-order valence-electron chi connectivity index (χ1n) is 6.13. The summed E-state index contributed by atoms with van der Waals surface area (Å²) in [6.45, 7) is 5.19. The lowest BCUT2D eigenvalue weighted by Gasteiger charge is -2.34. The van der Waals surface area contributed by atoms with Crippen LogP contribution in [0.4, 0.5) is 0 Å². The van der Waals surface area contributed by atoms with Gasteiger partial charge in [0.1, 0.15) is 5.15 Å². The van der Waals surface area contributed by atoms with E-state index in [-0.39, 0.29) is 0 Å². The third-order valence-electron chi connectivity index (χ3n) is 3.43. The van der Waals surface area contributed by atoms with Gasteiger partial charge in [0, 0.05) is 0 Å². The normalized spacial score (nSPS) is 20.4. The van der Waals surface area contributed by atoms with Crippen molar-refractivity contribution >= 4 is 11.6 Å². The minimum Gasteiger partial charge on any atom is -0.372 e. The Morgan fingerprint density at radius 2 is 2.00 bits per heavy atom. The monoisotopic (exact) mass is 254 g/mol. The zero-order valence-corrected chi connectivity index (χ0v) is 11.2. The molecule has 1 fully saturated rings. The van der Waals surface area contributed by atoms with Gasteiger partial charge in [0.2, 0.25) is 0 Å². The van der Waals surface area contributed by atoms with Gasteiger partial charge >= 0.3 is 0 Å². The summed E-state index contributed by atoms with van der Waals surface area (Å²) in [5, 5.41) is 0.424. The summed E-state index contributed by atoms with van der Waals surface area (Å²) in [5.74, 6) is 0. The molecule has 0 saturated heterocycles. The van der Waals surface area contributed by atoms with Crippen LogP contribution in [0.5, 0.6) is 0 Å². The topological polar surface area (TPSA) is 35.0 Å². The van der Waals surface area contributed by atoms with Crippen molar-refractivity contribution in [3.63, 3.8) is 0 Å². The minimum absolute atomic E-state index is 0.375. The summed E-state index contributed by atoms with van der Waals surface area (Å²) in [6, 6.07) is 0. The maximum atomic E-state index is 5.86. The van der Waals surface area contributed by atoms with Crippen LogP contribution in [0.15, 0.2) is 12.4 Å². The molecule has 0 unspecified atom stereocenters. The van der Waals surface area contributed by atoms with E-state index in [0.717, 1.165) is 18.5 Å². The van der Waals surface area contributed by atoms with Gasteiger partial charge in [0.25, 0.3) is 0 Å². The molecule has 0 aliphatic heterocycles. The average molecular weight is 255 g/mol. The van der Waals surface area contributed by atoms with Crippen molar-refractivity contribution < 1.29 is 4.74 Å². The Balaban J connectivity index is 1.78. The van der Waals surface area contributed by atoms with Gasteiger partial charge in [-0.2, -0.15) is 0 Å². The molecule has 0 N–H and O–H groups in total. The summed E-state index contributed by atoms with van der Waals surface area (Å²) in [4.78, 5) is 8.16. The van der Waals surface area contributed by atoms with E-state index in [9.17, 15) is 0 Å². The third-order valence-corrected chi connectivity index (χ3v) is 3.62. The highest BCUT2D eigenvalue weighted by Gasteiger charge is 2.27. The number of rotatable bonds is 3. The fraction of sp³-hybridized carbons (Fsp3) is 0.692. The zero-order valence-electron chi connectivity index (χ0n) is 10.4. The van der Waals surface area contributed by atoms with Crippen LogP contribution in [0.3, 0.4) is 0 Å². The molecule has 1 heterocycles. The van der Waals surface area contributed by atoms with Crippen LogP contribution < -0.4 is 0 Å². The first-order chi connectivity index (χ1) is 8.05. The molecule has 1 aliphatic rings. The molecular weight excluding hydrogens is 236 g/mol. The lowest BCUT2D eigenvalue weighted by molar-refractivity contribution is -0.00698. The van der Waals surface area contributed by atoms with E-state index in [1.807, 2.05) is 0 Å². The highest BCUT2D eigenvalue weighted by atomic mass is 35.5. The molecule has 0 radical (unpaired) electrons. The number of hydrogen-bond acceptors (Lipinski definition) is 3. The highest BCUT2D eigenvalue weighted by Crippen LogP contribution is 2.36. The zero-order chi connectivity index (χ0) is 12.3. The Kier molecular flexibility index (Phi) is 4.00. The van der Waals surface area contributed by atoms with Crippen LogP contribution in [0.25, 0.3) is 0 Å². The first-order valence-corrected chi connectivity index (χ1v) is 6.51. The predicted octanol–water partition coefficient (Wildman–Crippen LogP) is 3.62. The van der Waals surface area contributed by atoms with Crippen LogP contribution in [-0.4, -0.2) is 16.1 Å². The van der Waals surface area contributed by atoms with Crippen molar-refractivity contribution in [3.05, 3.63) is 23.2 Å². The van der Waals surface area contributed by atoms with E-state index in [0.29, 0.717) is 23.3 Å². The van der Waals surface area contributed by atoms with E-state index in [2.05, 4.69) is 23.8 Å². The van der Waals surface area contributed by atoms with Crippen molar-refractivity contribution in [2.24, 2.45) is 5.41 Å². The van der Waals surface area contributed by atoms with E-state index in [4.69, 9.17) is 16.3 Å². The van der Waals surface area contributed by atoms with E-state index in [1.54, 1.807) is 12.4 Å². The van der Waals surface area contributed by atoms with Gasteiger partial charge in [-0.1, -0.05) is 25.4 Å². The van der Waals surface area contributed by atoms with Gasteiger partial charge in [-0.3, -0.25) is 4.98 Å². The van der Waals surface area contributed by atoms with Crippen molar-refractivity contribution in [2.75, 3.05) is 0 Å². The number of halogens is 1. The van der Waals surface area contributed by atoms with E-state index < -0.39 is 0 Å². The Bertz CT molecular complexity index is 354. The Hall–Kier alpha value is -0.670. The van der Waals surface area contributed by atoms with E-state index >= 15 is 0 Å². The number of ether oxygens (including phenoxy) is 1. The summed E-state index contributed by atoms with van der Waals surface area (Å²) >= 11 is 5.68. The van der Waals surface area contributed by atoms with Gasteiger partial charge in [-0.05, 0) is 31.1 Å². The van der Waals surface area contributed by atoms with Crippen molar-refractivity contribution in [1.82, 2.24) is 9.97 Å². The molecule has 1 aliphatic carbocycles. The molecule has 0 spiro atoms. The van der Waals surface area contributed by atoms with Crippen LogP contribution >= 0.6 is 11.6 Å². The number of hydrogen-bond donors (Lipinski definition) is 0. The molecule has 17 heavy (non-hydrogen) atoms. The minimum atomic E-state index is 0.375. The van der Waals surface area contributed by atoms with Gasteiger partial charge in [-0.25, -0.2) is 4.98 Å². The quantitative estimate of drug-likeness (QED) is 0.827. The lowest BCUT2D eigenvalue weighted by atomic mass is 9.76. The Labute approximate surface area is 108 Å². The van der Waals surface area contributed by atoms with E-state index in [1.165, 1.54) is 12.8 Å². The van der Waals surface area contributed by atoms with Gasteiger partial charge < -0.3 is 4.74 Å². The van der Waals surface area contributed by atoms with Crippen molar-refractivity contribution in [1.29, 1.82) is 0 Å². The molecule has 1 aromatic rings. The third kappa shape index (κ3) is 3.93. The number of nitrogens with zero attached hydrogens (tertiary/aromatic N) is 2. The molecule has 0 amide bonds. The Morgan fingerprint density at radius 3 is 2.59 bits per heavy atom. The summed E-state index contributed by atoms with van der Waals surface area (Å²) < 4.78 is 5.86. The van der Waals surface area contributed by atoms with Crippen LogP contribution in [0.2, 0.25) is 5.15 Å². The molecule has 4 heteroatoms. The summed E-state index contributed by atoms with van der Waals surface area (Å²) in [5.41, 5.74) is 1.33. The molecule has 1 aromatic heterocycles. The highest BCUT2D eigenvalue weighted by molar-refractivity contribution is 6.29. The SMILES string of the molecule is CC1(C)CCC(OCc2cnc(Cl)cn2)CC1. The molecule has 94 valence electrons. The Morgan fingerprint density at radius 1 is 1.29 bits per heavy atom. The molecule has 0 bridgehead atoms. The largest absolute Gasteiger partial charge is 0.372 e. The van der Waals surface area contributed by atoms with Crippen LogP contribution in [-0.2, 0) is 11.3 Å². The second-order valence-corrected chi connectivity index (χ2v) is 5.89.